The minimum atomic E-state index is -0.0265. The molecule has 1 aromatic heterocycles. The molecule has 0 saturated carbocycles. The van der Waals surface area contributed by atoms with Gasteiger partial charge in [0.25, 0.3) is 0 Å². The van der Waals surface area contributed by atoms with Crippen LogP contribution in [0.1, 0.15) is 38.3 Å². The molecule has 0 spiro atoms. The summed E-state index contributed by atoms with van der Waals surface area (Å²) in [5.41, 5.74) is 0. The number of rotatable bonds is 9. The van der Waals surface area contributed by atoms with Gasteiger partial charge in [0.05, 0.1) is 6.54 Å². The minimum Gasteiger partial charge on any atom is -0.489 e. The van der Waals surface area contributed by atoms with Crippen molar-refractivity contribution >= 4 is 17.6 Å². The number of nitrogens with one attached hydrogen (secondary N) is 2. The molecule has 27 heavy (non-hydrogen) atoms. The van der Waals surface area contributed by atoms with Crippen molar-refractivity contribution in [1.29, 1.82) is 0 Å². The number of benzene rings is 1. The van der Waals surface area contributed by atoms with Gasteiger partial charge in [-0.25, -0.2) is 4.99 Å². The molecule has 0 amide bonds. The number of hydrogen-bond donors (Lipinski definition) is 2. The van der Waals surface area contributed by atoms with Gasteiger partial charge in [0.15, 0.2) is 11.8 Å². The Morgan fingerprint density at radius 1 is 1.26 bits per heavy atom. The number of ether oxygens (including phenoxy) is 1. The number of aliphatic imine (C=N–C) groups is 1. The zero-order chi connectivity index (χ0) is 19.6. The van der Waals surface area contributed by atoms with E-state index >= 15 is 0 Å². The van der Waals surface area contributed by atoms with Crippen LogP contribution >= 0.6 is 11.6 Å². The SMILES string of the molecule is CCCCNC(=NCc1nnc(C)n1C)NCC(C)Oc1ccc(Cl)cc1. The molecule has 2 aromatic rings. The van der Waals surface area contributed by atoms with Gasteiger partial charge in [-0.2, -0.15) is 0 Å². The third kappa shape index (κ3) is 7.09. The van der Waals surface area contributed by atoms with Crippen LogP contribution in [0.25, 0.3) is 0 Å². The Bertz CT molecular complexity index is 728. The van der Waals surface area contributed by atoms with E-state index in [1.807, 2.05) is 49.7 Å². The van der Waals surface area contributed by atoms with E-state index in [4.69, 9.17) is 16.3 Å². The molecule has 0 aliphatic carbocycles. The average molecular weight is 393 g/mol. The number of unbranched alkanes of at least 4 members (excludes halogenated alkanes) is 1. The fourth-order valence-corrected chi connectivity index (χ4v) is 2.45. The Balaban J connectivity index is 1.91. The summed E-state index contributed by atoms with van der Waals surface area (Å²) in [7, 11) is 1.94. The molecule has 0 radical (unpaired) electrons. The van der Waals surface area contributed by atoms with Crippen LogP contribution in [-0.4, -0.2) is 39.9 Å². The first-order chi connectivity index (χ1) is 13.0. The first kappa shape index (κ1) is 21.0. The second-order valence-electron chi connectivity index (χ2n) is 6.43. The second kappa shape index (κ2) is 10.8. The predicted octanol–water partition coefficient (Wildman–Crippen LogP) is 3.08. The summed E-state index contributed by atoms with van der Waals surface area (Å²) in [4.78, 5) is 4.63. The van der Waals surface area contributed by atoms with Gasteiger partial charge in [0.1, 0.15) is 24.2 Å². The maximum Gasteiger partial charge on any atom is 0.191 e. The van der Waals surface area contributed by atoms with E-state index in [9.17, 15) is 0 Å². The largest absolute Gasteiger partial charge is 0.489 e. The van der Waals surface area contributed by atoms with Crippen molar-refractivity contribution in [3.05, 3.63) is 40.9 Å². The minimum absolute atomic E-state index is 0.0265. The van der Waals surface area contributed by atoms with E-state index in [-0.39, 0.29) is 6.10 Å². The molecule has 1 unspecified atom stereocenters. The van der Waals surface area contributed by atoms with Crippen molar-refractivity contribution in [2.75, 3.05) is 13.1 Å². The standard InChI is InChI=1S/C19H29ClN6O/c1-5-6-11-21-19(23-13-18-25-24-15(3)26(18)4)22-12-14(2)27-17-9-7-16(20)8-10-17/h7-10,14H,5-6,11-13H2,1-4H3,(H2,21,22,23). The number of halogens is 1. The lowest BCUT2D eigenvalue weighted by atomic mass is 10.3. The molecule has 0 fully saturated rings. The Hall–Kier alpha value is -2.28. The average Bonchev–Trinajstić information content (AvgIpc) is 2.97. The highest BCUT2D eigenvalue weighted by Gasteiger charge is 2.08. The zero-order valence-electron chi connectivity index (χ0n) is 16.5. The summed E-state index contributed by atoms with van der Waals surface area (Å²) in [6.07, 6.45) is 2.18. The first-order valence-electron chi connectivity index (χ1n) is 9.29. The second-order valence-corrected chi connectivity index (χ2v) is 6.87. The summed E-state index contributed by atoms with van der Waals surface area (Å²) in [5.74, 6) is 3.24. The molecule has 1 aromatic carbocycles. The lowest BCUT2D eigenvalue weighted by Gasteiger charge is -2.18. The van der Waals surface area contributed by atoms with Crippen LogP contribution in [0, 0.1) is 6.92 Å². The normalized spacial score (nSPS) is 12.7. The van der Waals surface area contributed by atoms with Crippen LogP contribution in [0.4, 0.5) is 0 Å². The van der Waals surface area contributed by atoms with Crippen molar-refractivity contribution in [2.24, 2.45) is 12.0 Å². The maximum atomic E-state index is 5.91. The lowest BCUT2D eigenvalue weighted by Crippen LogP contribution is -2.42. The molecular formula is C19H29ClN6O. The Morgan fingerprint density at radius 3 is 2.63 bits per heavy atom. The number of aromatic nitrogens is 3. The van der Waals surface area contributed by atoms with Crippen LogP contribution in [0.15, 0.2) is 29.3 Å². The Labute approximate surface area is 166 Å². The van der Waals surface area contributed by atoms with Gasteiger partial charge < -0.3 is 19.9 Å². The molecule has 148 valence electrons. The van der Waals surface area contributed by atoms with Crippen LogP contribution in [0.2, 0.25) is 5.02 Å². The monoisotopic (exact) mass is 392 g/mol. The summed E-state index contributed by atoms with van der Waals surface area (Å²) in [5, 5.41) is 15.6. The van der Waals surface area contributed by atoms with Gasteiger partial charge in [0, 0.05) is 18.6 Å². The van der Waals surface area contributed by atoms with Crippen LogP contribution in [-0.2, 0) is 13.6 Å². The Kier molecular flexibility index (Phi) is 8.39. The quantitative estimate of drug-likeness (QED) is 0.389. The summed E-state index contributed by atoms with van der Waals surface area (Å²) < 4.78 is 7.84. The fraction of sp³-hybridized carbons (Fsp3) is 0.526. The highest BCUT2D eigenvalue weighted by molar-refractivity contribution is 6.30. The molecule has 8 heteroatoms. The van der Waals surface area contributed by atoms with Crippen molar-refractivity contribution < 1.29 is 4.74 Å². The summed E-state index contributed by atoms with van der Waals surface area (Å²) in [6.45, 7) is 8.05. The van der Waals surface area contributed by atoms with E-state index in [1.54, 1.807) is 0 Å². The molecule has 0 saturated heterocycles. The van der Waals surface area contributed by atoms with E-state index in [2.05, 4.69) is 32.7 Å². The van der Waals surface area contributed by atoms with Crippen molar-refractivity contribution in [1.82, 2.24) is 25.4 Å². The third-order valence-corrected chi connectivity index (χ3v) is 4.34. The highest BCUT2D eigenvalue weighted by atomic mass is 35.5. The highest BCUT2D eigenvalue weighted by Crippen LogP contribution is 2.16. The molecule has 0 aliphatic heterocycles. The molecule has 1 atom stereocenters. The molecule has 2 rings (SSSR count). The van der Waals surface area contributed by atoms with Crippen molar-refractivity contribution in [3.63, 3.8) is 0 Å². The van der Waals surface area contributed by atoms with Gasteiger partial charge in [-0.15, -0.1) is 10.2 Å². The first-order valence-corrected chi connectivity index (χ1v) is 9.66. The maximum absolute atomic E-state index is 5.91. The van der Waals surface area contributed by atoms with E-state index in [1.165, 1.54) is 0 Å². The lowest BCUT2D eigenvalue weighted by molar-refractivity contribution is 0.224. The van der Waals surface area contributed by atoms with E-state index < -0.39 is 0 Å². The van der Waals surface area contributed by atoms with Gasteiger partial charge in [-0.05, 0) is 44.5 Å². The number of hydrogen-bond acceptors (Lipinski definition) is 4. The number of aryl methyl sites for hydroxylation is 1. The Morgan fingerprint density at radius 2 is 2.00 bits per heavy atom. The van der Waals surface area contributed by atoms with Gasteiger partial charge in [0.2, 0.25) is 0 Å². The molecule has 7 nitrogen and oxygen atoms in total. The smallest absolute Gasteiger partial charge is 0.191 e. The fourth-order valence-electron chi connectivity index (χ4n) is 2.32. The van der Waals surface area contributed by atoms with Crippen LogP contribution in [0.5, 0.6) is 5.75 Å². The van der Waals surface area contributed by atoms with Crippen molar-refractivity contribution in [3.8, 4) is 5.75 Å². The third-order valence-electron chi connectivity index (χ3n) is 4.09. The van der Waals surface area contributed by atoms with Crippen LogP contribution in [0.3, 0.4) is 0 Å². The molecule has 1 heterocycles. The van der Waals surface area contributed by atoms with E-state index in [0.717, 1.165) is 42.7 Å². The van der Waals surface area contributed by atoms with Crippen LogP contribution < -0.4 is 15.4 Å². The van der Waals surface area contributed by atoms with Gasteiger partial charge in [-0.3, -0.25) is 0 Å². The number of nitrogens with zero attached hydrogens (tertiary/aromatic N) is 4. The molecule has 2 N–H and O–H groups in total. The molecule has 0 aliphatic rings. The zero-order valence-corrected chi connectivity index (χ0v) is 17.3. The topological polar surface area (TPSA) is 76.4 Å². The summed E-state index contributed by atoms with van der Waals surface area (Å²) >= 11 is 5.91. The molecular weight excluding hydrogens is 364 g/mol. The summed E-state index contributed by atoms with van der Waals surface area (Å²) in [6, 6.07) is 7.37. The van der Waals surface area contributed by atoms with Crippen molar-refractivity contribution in [2.45, 2.75) is 46.3 Å². The van der Waals surface area contributed by atoms with Gasteiger partial charge in [-0.1, -0.05) is 24.9 Å². The van der Waals surface area contributed by atoms with E-state index in [0.29, 0.717) is 18.1 Å². The molecule has 0 bridgehead atoms. The predicted molar refractivity (Wildman–Crippen MR) is 109 cm³/mol. The van der Waals surface area contributed by atoms with Gasteiger partial charge >= 0.3 is 0 Å². The number of guanidine groups is 1.